The number of rotatable bonds is 1. The average molecular weight is 195 g/mol. The molecule has 0 bridgehead atoms. The largest absolute Gasteiger partial charge is 0.380 e. The zero-order valence-electron chi connectivity index (χ0n) is 9.17. The summed E-state index contributed by atoms with van der Waals surface area (Å²) in [5.74, 6) is 0.965. The van der Waals surface area contributed by atoms with Crippen molar-refractivity contribution >= 4 is 0 Å². The molecule has 2 heterocycles. The summed E-state index contributed by atoms with van der Waals surface area (Å²) in [4.78, 5) is 2.73. The van der Waals surface area contributed by atoms with Gasteiger partial charge in [-0.3, -0.25) is 0 Å². The second kappa shape index (κ2) is 3.21. The standard InChI is InChI=1S/C12H21NO/c1-10-2-4-13(5-3-10)11-6-12(7-11)8-14-9-12/h10-11H,2-9H2,1H3. The molecule has 0 atom stereocenters. The highest BCUT2D eigenvalue weighted by molar-refractivity contribution is 5.02. The van der Waals surface area contributed by atoms with Crippen LogP contribution in [-0.4, -0.2) is 37.2 Å². The van der Waals surface area contributed by atoms with Gasteiger partial charge in [0, 0.05) is 11.5 Å². The Bertz CT molecular complexity index is 208. The van der Waals surface area contributed by atoms with Gasteiger partial charge < -0.3 is 9.64 Å². The van der Waals surface area contributed by atoms with E-state index in [1.807, 2.05) is 0 Å². The van der Waals surface area contributed by atoms with Crippen molar-refractivity contribution < 1.29 is 4.74 Å². The van der Waals surface area contributed by atoms with E-state index in [1.165, 1.54) is 38.8 Å². The molecule has 80 valence electrons. The van der Waals surface area contributed by atoms with Gasteiger partial charge in [0.1, 0.15) is 0 Å². The first-order chi connectivity index (χ1) is 6.77. The zero-order chi connectivity index (χ0) is 9.60. The SMILES string of the molecule is CC1CCN(C2CC3(COC3)C2)CC1. The molecule has 3 aliphatic rings. The maximum absolute atomic E-state index is 5.31. The first-order valence-corrected chi connectivity index (χ1v) is 6.09. The first-order valence-electron chi connectivity index (χ1n) is 6.09. The molecule has 3 rings (SSSR count). The van der Waals surface area contributed by atoms with Crippen molar-refractivity contribution in [2.24, 2.45) is 11.3 Å². The summed E-state index contributed by atoms with van der Waals surface area (Å²) in [7, 11) is 0. The molecular weight excluding hydrogens is 174 g/mol. The summed E-state index contributed by atoms with van der Waals surface area (Å²) in [5.41, 5.74) is 0.647. The van der Waals surface area contributed by atoms with E-state index in [2.05, 4.69) is 11.8 Å². The van der Waals surface area contributed by atoms with E-state index in [4.69, 9.17) is 4.74 Å². The number of hydrogen-bond acceptors (Lipinski definition) is 2. The van der Waals surface area contributed by atoms with E-state index >= 15 is 0 Å². The Hall–Kier alpha value is -0.0800. The summed E-state index contributed by atoms with van der Waals surface area (Å²) >= 11 is 0. The maximum Gasteiger partial charge on any atom is 0.0545 e. The van der Waals surface area contributed by atoms with Crippen LogP contribution >= 0.6 is 0 Å². The van der Waals surface area contributed by atoms with Crippen molar-refractivity contribution in [2.45, 2.75) is 38.6 Å². The van der Waals surface area contributed by atoms with Crippen LogP contribution in [0.5, 0.6) is 0 Å². The second-order valence-corrected chi connectivity index (χ2v) is 5.77. The van der Waals surface area contributed by atoms with Crippen molar-refractivity contribution in [3.05, 3.63) is 0 Å². The van der Waals surface area contributed by atoms with Gasteiger partial charge in [-0.15, -0.1) is 0 Å². The lowest BCUT2D eigenvalue weighted by Crippen LogP contribution is -2.60. The number of likely N-dealkylation sites (tertiary alicyclic amines) is 1. The van der Waals surface area contributed by atoms with Gasteiger partial charge in [-0.05, 0) is 44.7 Å². The molecule has 0 radical (unpaired) electrons. The Morgan fingerprint density at radius 3 is 2.29 bits per heavy atom. The number of piperidine rings is 1. The van der Waals surface area contributed by atoms with Crippen molar-refractivity contribution in [1.82, 2.24) is 4.90 Å². The van der Waals surface area contributed by atoms with Gasteiger partial charge in [-0.25, -0.2) is 0 Å². The van der Waals surface area contributed by atoms with E-state index < -0.39 is 0 Å². The van der Waals surface area contributed by atoms with Crippen LogP contribution in [0.25, 0.3) is 0 Å². The van der Waals surface area contributed by atoms with Crippen molar-refractivity contribution in [1.29, 1.82) is 0 Å². The summed E-state index contributed by atoms with van der Waals surface area (Å²) in [6, 6.07) is 0.909. The van der Waals surface area contributed by atoms with Crippen LogP contribution in [0.2, 0.25) is 0 Å². The van der Waals surface area contributed by atoms with Crippen molar-refractivity contribution in [3.63, 3.8) is 0 Å². The molecule has 14 heavy (non-hydrogen) atoms. The molecular formula is C12H21NO. The fourth-order valence-electron chi connectivity index (χ4n) is 3.22. The van der Waals surface area contributed by atoms with Gasteiger partial charge in [0.2, 0.25) is 0 Å². The van der Waals surface area contributed by atoms with Crippen LogP contribution < -0.4 is 0 Å². The van der Waals surface area contributed by atoms with Gasteiger partial charge >= 0.3 is 0 Å². The monoisotopic (exact) mass is 195 g/mol. The maximum atomic E-state index is 5.31. The van der Waals surface area contributed by atoms with Crippen LogP contribution in [0.15, 0.2) is 0 Å². The molecule has 0 aromatic rings. The van der Waals surface area contributed by atoms with Crippen LogP contribution in [0, 0.1) is 11.3 Å². The smallest absolute Gasteiger partial charge is 0.0545 e. The van der Waals surface area contributed by atoms with E-state index in [0.717, 1.165) is 25.2 Å². The minimum Gasteiger partial charge on any atom is -0.380 e. The number of nitrogens with zero attached hydrogens (tertiary/aromatic N) is 1. The highest BCUT2D eigenvalue weighted by atomic mass is 16.5. The lowest BCUT2D eigenvalue weighted by molar-refractivity contribution is -0.186. The molecule has 2 aliphatic heterocycles. The Labute approximate surface area is 86.6 Å². The van der Waals surface area contributed by atoms with Crippen LogP contribution in [-0.2, 0) is 4.74 Å². The quantitative estimate of drug-likeness (QED) is 0.633. The summed E-state index contributed by atoms with van der Waals surface area (Å²) in [5, 5.41) is 0. The Balaban J connectivity index is 1.49. The van der Waals surface area contributed by atoms with E-state index in [9.17, 15) is 0 Å². The summed E-state index contributed by atoms with van der Waals surface area (Å²) < 4.78 is 5.31. The predicted octanol–water partition coefficient (Wildman–Crippen LogP) is 1.90. The molecule has 2 heteroatoms. The number of hydrogen-bond donors (Lipinski definition) is 0. The normalized spacial score (nSPS) is 34.1. The molecule has 1 spiro atoms. The molecule has 2 saturated heterocycles. The van der Waals surface area contributed by atoms with Gasteiger partial charge in [0.05, 0.1) is 13.2 Å². The molecule has 2 nitrogen and oxygen atoms in total. The Kier molecular flexibility index (Phi) is 2.10. The molecule has 0 N–H and O–H groups in total. The van der Waals surface area contributed by atoms with Crippen molar-refractivity contribution in [2.75, 3.05) is 26.3 Å². The molecule has 0 aromatic heterocycles. The van der Waals surface area contributed by atoms with Crippen molar-refractivity contribution in [3.8, 4) is 0 Å². The highest BCUT2D eigenvalue weighted by Crippen LogP contribution is 2.49. The fourth-order valence-corrected chi connectivity index (χ4v) is 3.22. The third kappa shape index (κ3) is 1.40. The molecule has 0 unspecified atom stereocenters. The van der Waals surface area contributed by atoms with Crippen LogP contribution in [0.4, 0.5) is 0 Å². The first kappa shape index (κ1) is 9.17. The number of ether oxygens (including phenoxy) is 1. The highest BCUT2D eigenvalue weighted by Gasteiger charge is 2.51. The topological polar surface area (TPSA) is 12.5 Å². The van der Waals surface area contributed by atoms with E-state index in [-0.39, 0.29) is 0 Å². The summed E-state index contributed by atoms with van der Waals surface area (Å²) in [6.45, 7) is 7.19. The third-order valence-electron chi connectivity index (χ3n) is 4.49. The Morgan fingerprint density at radius 1 is 1.14 bits per heavy atom. The third-order valence-corrected chi connectivity index (χ3v) is 4.49. The van der Waals surface area contributed by atoms with Crippen LogP contribution in [0.3, 0.4) is 0 Å². The predicted molar refractivity (Wildman–Crippen MR) is 56.2 cm³/mol. The average Bonchev–Trinajstić information content (AvgIpc) is 2.03. The Morgan fingerprint density at radius 2 is 1.79 bits per heavy atom. The fraction of sp³-hybridized carbons (Fsp3) is 1.00. The minimum atomic E-state index is 0.647. The van der Waals surface area contributed by atoms with E-state index in [0.29, 0.717) is 5.41 Å². The second-order valence-electron chi connectivity index (χ2n) is 5.77. The van der Waals surface area contributed by atoms with Gasteiger partial charge in [0.15, 0.2) is 0 Å². The molecule has 0 aromatic carbocycles. The summed E-state index contributed by atoms with van der Waals surface area (Å²) in [6.07, 6.45) is 5.67. The lowest BCUT2D eigenvalue weighted by atomic mass is 9.63. The minimum absolute atomic E-state index is 0.647. The van der Waals surface area contributed by atoms with Crippen LogP contribution in [0.1, 0.15) is 32.6 Å². The zero-order valence-corrected chi connectivity index (χ0v) is 9.17. The van der Waals surface area contributed by atoms with Gasteiger partial charge in [-0.1, -0.05) is 6.92 Å². The molecule has 3 fully saturated rings. The molecule has 1 saturated carbocycles. The molecule has 0 amide bonds. The molecule has 1 aliphatic carbocycles. The van der Waals surface area contributed by atoms with Gasteiger partial charge in [0.25, 0.3) is 0 Å². The van der Waals surface area contributed by atoms with Gasteiger partial charge in [-0.2, -0.15) is 0 Å². The van der Waals surface area contributed by atoms with E-state index in [1.54, 1.807) is 0 Å². The lowest BCUT2D eigenvalue weighted by Gasteiger charge is -2.57.